The van der Waals surface area contributed by atoms with Crippen LogP contribution >= 0.6 is 0 Å². The molecular weight excluding hydrogens is 330 g/mol. The third kappa shape index (κ3) is 2.60. The number of nitriles is 1. The van der Waals surface area contributed by atoms with Crippen molar-refractivity contribution in [1.29, 1.82) is 5.26 Å². The van der Waals surface area contributed by atoms with Gasteiger partial charge in [0.25, 0.3) is 5.69 Å². The molecule has 1 atom stereocenters. The number of para-hydroxylation sites is 1. The molecule has 0 saturated heterocycles. The van der Waals surface area contributed by atoms with Crippen LogP contribution in [0, 0.1) is 21.4 Å². The monoisotopic (exact) mass is 341 g/mol. The number of nitrogens with zero attached hydrogens (tertiary/aromatic N) is 2. The first-order valence-electron chi connectivity index (χ1n) is 7.06. The summed E-state index contributed by atoms with van der Waals surface area (Å²) in [5.74, 6) is -1.88. The molecule has 25 heavy (non-hydrogen) atoms. The van der Waals surface area contributed by atoms with Gasteiger partial charge in [-0.25, -0.2) is 0 Å². The molecule has 0 bridgehead atoms. The first kappa shape index (κ1) is 16.2. The quantitative estimate of drug-likeness (QED) is 0.625. The molecule has 1 aliphatic rings. The molecule has 3 rings (SSSR count). The molecule has 1 aromatic heterocycles. The van der Waals surface area contributed by atoms with Crippen molar-refractivity contribution < 1.29 is 19.2 Å². The van der Waals surface area contributed by atoms with Crippen LogP contribution in [-0.4, -0.2) is 10.0 Å². The minimum Gasteiger partial charge on any atom is -0.458 e. The Labute approximate surface area is 140 Å². The summed E-state index contributed by atoms with van der Waals surface area (Å²) in [6, 6.07) is 8.61. The summed E-state index contributed by atoms with van der Waals surface area (Å²) in [4.78, 5) is 22.9. The number of nitrogens with two attached hydrogens (primary N) is 1. The van der Waals surface area contributed by atoms with E-state index in [1.807, 2.05) is 6.07 Å². The average Bonchev–Trinajstić information content (AvgIpc) is 2.61. The van der Waals surface area contributed by atoms with Crippen LogP contribution in [0.25, 0.3) is 0 Å². The van der Waals surface area contributed by atoms with E-state index in [4.69, 9.17) is 14.9 Å². The van der Waals surface area contributed by atoms with Crippen molar-refractivity contribution in [2.24, 2.45) is 5.73 Å². The van der Waals surface area contributed by atoms with Crippen LogP contribution in [0.5, 0.6) is 5.75 Å². The fraction of sp³-hybridized carbons (Fsp3) is 0.125. The highest BCUT2D eigenvalue weighted by Gasteiger charge is 2.38. The summed E-state index contributed by atoms with van der Waals surface area (Å²) in [7, 11) is 0. The van der Waals surface area contributed by atoms with Gasteiger partial charge in [-0.3, -0.25) is 14.9 Å². The largest absolute Gasteiger partial charge is 0.458 e. The van der Waals surface area contributed by atoms with Crippen LogP contribution in [0.1, 0.15) is 23.0 Å². The molecule has 0 fully saturated rings. The number of nitro groups is 1. The Morgan fingerprint density at radius 1 is 1.40 bits per heavy atom. The summed E-state index contributed by atoms with van der Waals surface area (Å²) < 4.78 is 10.7. The fourth-order valence-corrected chi connectivity index (χ4v) is 2.67. The highest BCUT2D eigenvalue weighted by molar-refractivity contribution is 5.57. The predicted octanol–water partition coefficient (Wildman–Crippen LogP) is 1.26. The van der Waals surface area contributed by atoms with Crippen molar-refractivity contribution in [1.82, 2.24) is 0 Å². The summed E-state index contributed by atoms with van der Waals surface area (Å²) in [5.41, 5.74) is 4.85. The summed E-state index contributed by atoms with van der Waals surface area (Å²) in [6.07, 6.45) is 0. The lowest BCUT2D eigenvalue weighted by Crippen LogP contribution is -2.25. The van der Waals surface area contributed by atoms with Gasteiger partial charge in [0.05, 0.1) is 10.8 Å². The van der Waals surface area contributed by atoms with Crippen molar-refractivity contribution in [2.45, 2.75) is 12.5 Å². The highest BCUT2D eigenvalue weighted by atomic mass is 16.6. The molecule has 0 unspecified atom stereocenters. The van der Waals surface area contributed by atoms with Gasteiger partial charge in [-0.1, -0.05) is 18.2 Å². The standard InChI is InChI=1S/C16H11N3O6/c17-6-10-13(9-3-1-2-4-11(9)19(22)23)15-14(25-16(10)18)12(21)5-8(7-20)24-15/h1-5,13,20H,7,18H2/t13-/m1/s1. The molecule has 0 saturated carbocycles. The fourth-order valence-electron chi connectivity index (χ4n) is 2.67. The van der Waals surface area contributed by atoms with E-state index in [1.54, 1.807) is 6.07 Å². The number of nitro benzene ring substituents is 1. The van der Waals surface area contributed by atoms with Crippen molar-refractivity contribution >= 4 is 5.69 Å². The zero-order chi connectivity index (χ0) is 18.1. The maximum atomic E-state index is 12.2. The van der Waals surface area contributed by atoms with Crippen LogP contribution in [0.3, 0.4) is 0 Å². The van der Waals surface area contributed by atoms with E-state index in [-0.39, 0.29) is 40.0 Å². The Morgan fingerprint density at radius 3 is 2.76 bits per heavy atom. The molecule has 0 spiro atoms. The summed E-state index contributed by atoms with van der Waals surface area (Å²) >= 11 is 0. The van der Waals surface area contributed by atoms with Gasteiger partial charge in [0.15, 0.2) is 5.76 Å². The van der Waals surface area contributed by atoms with Crippen molar-refractivity contribution in [3.63, 3.8) is 0 Å². The van der Waals surface area contributed by atoms with Crippen LogP contribution in [-0.2, 0) is 6.61 Å². The molecule has 1 aromatic carbocycles. The molecular formula is C16H11N3O6. The number of hydrogen-bond acceptors (Lipinski definition) is 8. The Hall–Kier alpha value is -3.64. The van der Waals surface area contributed by atoms with Gasteiger partial charge in [-0.15, -0.1) is 0 Å². The number of rotatable bonds is 3. The number of fused-ring (bicyclic) bond motifs is 1. The van der Waals surface area contributed by atoms with E-state index in [0.29, 0.717) is 0 Å². The third-order valence-corrected chi connectivity index (χ3v) is 3.73. The molecule has 0 amide bonds. The molecule has 3 N–H and O–H groups in total. The topological polar surface area (TPSA) is 153 Å². The van der Waals surface area contributed by atoms with Crippen LogP contribution in [0.4, 0.5) is 5.69 Å². The molecule has 9 nitrogen and oxygen atoms in total. The lowest BCUT2D eigenvalue weighted by molar-refractivity contribution is -0.385. The molecule has 9 heteroatoms. The van der Waals surface area contributed by atoms with E-state index < -0.39 is 22.9 Å². The SMILES string of the molecule is N#CC1=C(N)Oc2c(oc(CO)cc2=O)[C@@H]1c1ccccc1[N+](=O)[O-]. The van der Waals surface area contributed by atoms with Crippen LogP contribution < -0.4 is 15.9 Å². The van der Waals surface area contributed by atoms with Crippen LogP contribution in [0.15, 0.2) is 51.0 Å². The van der Waals surface area contributed by atoms with Gasteiger partial charge in [0.1, 0.15) is 24.0 Å². The number of aliphatic hydroxyl groups is 1. The lowest BCUT2D eigenvalue weighted by atomic mass is 9.86. The van der Waals surface area contributed by atoms with Crippen molar-refractivity contribution in [3.05, 3.63) is 79.2 Å². The highest BCUT2D eigenvalue weighted by Crippen LogP contribution is 2.43. The third-order valence-electron chi connectivity index (χ3n) is 3.73. The zero-order valence-electron chi connectivity index (χ0n) is 12.6. The normalized spacial score (nSPS) is 15.9. The van der Waals surface area contributed by atoms with Gasteiger partial charge in [-0.05, 0) is 0 Å². The molecule has 126 valence electrons. The van der Waals surface area contributed by atoms with Crippen LogP contribution in [0.2, 0.25) is 0 Å². The Morgan fingerprint density at radius 2 is 2.12 bits per heavy atom. The number of ether oxygens (including phenoxy) is 1. The predicted molar refractivity (Wildman–Crippen MR) is 83.3 cm³/mol. The molecule has 0 aliphatic carbocycles. The summed E-state index contributed by atoms with van der Waals surface area (Å²) in [6.45, 7) is -0.562. The van der Waals surface area contributed by atoms with Gasteiger partial charge in [0.2, 0.25) is 17.1 Å². The number of hydrogen-bond donors (Lipinski definition) is 2. The second-order valence-electron chi connectivity index (χ2n) is 5.17. The number of aliphatic hydroxyl groups excluding tert-OH is 1. The Bertz CT molecular complexity index is 1000. The van der Waals surface area contributed by atoms with Gasteiger partial charge in [-0.2, -0.15) is 5.26 Å². The van der Waals surface area contributed by atoms with Gasteiger partial charge in [0, 0.05) is 17.7 Å². The lowest BCUT2D eigenvalue weighted by Gasteiger charge is -2.24. The second kappa shape index (κ2) is 6.10. The Balaban J connectivity index is 2.36. The Kier molecular flexibility index (Phi) is 3.96. The first-order chi connectivity index (χ1) is 12.0. The van der Waals surface area contributed by atoms with E-state index >= 15 is 0 Å². The van der Waals surface area contributed by atoms with Crippen molar-refractivity contribution in [2.75, 3.05) is 0 Å². The first-order valence-corrected chi connectivity index (χ1v) is 7.06. The maximum Gasteiger partial charge on any atom is 0.273 e. The summed E-state index contributed by atoms with van der Waals surface area (Å²) in [5, 5.41) is 30.0. The molecule has 1 aliphatic heterocycles. The molecule has 2 heterocycles. The van der Waals surface area contributed by atoms with Gasteiger partial charge < -0.3 is 20.0 Å². The maximum absolute atomic E-state index is 12.2. The van der Waals surface area contributed by atoms with Gasteiger partial charge >= 0.3 is 0 Å². The molecule has 2 aromatic rings. The molecule has 0 radical (unpaired) electrons. The number of benzene rings is 1. The zero-order valence-corrected chi connectivity index (χ0v) is 12.6. The van der Waals surface area contributed by atoms with E-state index in [0.717, 1.165) is 6.07 Å². The second-order valence-corrected chi connectivity index (χ2v) is 5.17. The van der Waals surface area contributed by atoms with E-state index in [1.165, 1.54) is 18.2 Å². The van der Waals surface area contributed by atoms with Crippen molar-refractivity contribution in [3.8, 4) is 11.8 Å². The average molecular weight is 341 g/mol. The minimum atomic E-state index is -1.10. The number of allylic oxidation sites excluding steroid dienone is 1. The van der Waals surface area contributed by atoms with E-state index in [9.17, 15) is 25.3 Å². The van der Waals surface area contributed by atoms with E-state index in [2.05, 4.69) is 0 Å². The smallest absolute Gasteiger partial charge is 0.273 e. The minimum absolute atomic E-state index is 0.0614.